The van der Waals surface area contributed by atoms with Crippen LogP contribution in [-0.2, 0) is 6.42 Å². The minimum absolute atomic E-state index is 0.366. The van der Waals surface area contributed by atoms with E-state index in [9.17, 15) is 4.79 Å². The number of aromatic nitrogens is 3. The molecule has 4 aromatic rings. The standard InChI is InChI=1S/C23H21N5O4/c1-30-19-8-7-17(14-20(19)31-2)25-23(29)26-18-6-4-3-5-16(18)13-21-27-22(28-32-21)15-9-11-24-12-10-15/h3-12,14H,13H2,1-2H3,(H2,25,26,29). The van der Waals surface area contributed by atoms with Gasteiger partial charge in [0.1, 0.15) is 0 Å². The largest absolute Gasteiger partial charge is 0.493 e. The molecule has 0 saturated heterocycles. The molecule has 9 nitrogen and oxygen atoms in total. The first-order chi connectivity index (χ1) is 15.7. The molecule has 0 radical (unpaired) electrons. The van der Waals surface area contributed by atoms with Crippen molar-refractivity contribution in [2.45, 2.75) is 6.42 Å². The predicted molar refractivity (Wildman–Crippen MR) is 119 cm³/mol. The number of hydrogen-bond donors (Lipinski definition) is 2. The second kappa shape index (κ2) is 9.61. The molecule has 0 fully saturated rings. The number of anilines is 2. The van der Waals surface area contributed by atoms with Crippen LogP contribution < -0.4 is 20.1 Å². The summed E-state index contributed by atoms with van der Waals surface area (Å²) in [5, 5.41) is 9.68. The number of ether oxygens (including phenoxy) is 2. The maximum Gasteiger partial charge on any atom is 0.323 e. The van der Waals surface area contributed by atoms with Gasteiger partial charge in [-0.3, -0.25) is 4.98 Å². The minimum atomic E-state index is -0.396. The minimum Gasteiger partial charge on any atom is -0.493 e. The summed E-state index contributed by atoms with van der Waals surface area (Å²) in [5.41, 5.74) is 2.85. The highest BCUT2D eigenvalue weighted by molar-refractivity contribution is 6.00. The lowest BCUT2D eigenvalue weighted by Gasteiger charge is -2.13. The summed E-state index contributed by atoms with van der Waals surface area (Å²) in [6, 6.07) is 15.8. The molecule has 2 aromatic carbocycles. The van der Waals surface area contributed by atoms with Crippen molar-refractivity contribution in [2.75, 3.05) is 24.9 Å². The highest BCUT2D eigenvalue weighted by Crippen LogP contribution is 2.30. The van der Waals surface area contributed by atoms with E-state index in [1.807, 2.05) is 36.4 Å². The van der Waals surface area contributed by atoms with E-state index in [4.69, 9.17) is 14.0 Å². The lowest BCUT2D eigenvalue weighted by Crippen LogP contribution is -2.20. The van der Waals surface area contributed by atoms with E-state index in [0.29, 0.717) is 41.0 Å². The third kappa shape index (κ3) is 4.84. The number of benzene rings is 2. The molecule has 0 spiro atoms. The maximum absolute atomic E-state index is 12.6. The number of nitrogens with one attached hydrogen (secondary N) is 2. The van der Waals surface area contributed by atoms with Gasteiger partial charge in [0.15, 0.2) is 11.5 Å². The fourth-order valence-corrected chi connectivity index (χ4v) is 3.10. The second-order valence-electron chi connectivity index (χ2n) is 6.73. The molecule has 0 aliphatic heterocycles. The van der Waals surface area contributed by atoms with Crippen molar-refractivity contribution in [1.82, 2.24) is 15.1 Å². The summed E-state index contributed by atoms with van der Waals surface area (Å²) in [5.74, 6) is 2.02. The number of rotatable bonds is 7. The van der Waals surface area contributed by atoms with Crippen molar-refractivity contribution in [3.63, 3.8) is 0 Å². The molecule has 0 atom stereocenters. The zero-order valence-electron chi connectivity index (χ0n) is 17.5. The Morgan fingerprint density at radius 1 is 0.969 bits per heavy atom. The van der Waals surface area contributed by atoms with Crippen LogP contribution in [0.2, 0.25) is 0 Å². The molecule has 2 heterocycles. The number of amides is 2. The van der Waals surface area contributed by atoms with Crippen LogP contribution in [0.1, 0.15) is 11.5 Å². The van der Waals surface area contributed by atoms with E-state index in [2.05, 4.69) is 25.8 Å². The Hall–Kier alpha value is -4.40. The normalized spacial score (nSPS) is 10.4. The first-order valence-electron chi connectivity index (χ1n) is 9.77. The van der Waals surface area contributed by atoms with Gasteiger partial charge < -0.3 is 24.6 Å². The van der Waals surface area contributed by atoms with Gasteiger partial charge in [0.25, 0.3) is 0 Å². The molecule has 0 aliphatic rings. The highest BCUT2D eigenvalue weighted by Gasteiger charge is 2.13. The quantitative estimate of drug-likeness (QED) is 0.446. The van der Waals surface area contributed by atoms with Gasteiger partial charge in [-0.1, -0.05) is 23.4 Å². The number of nitrogens with zero attached hydrogens (tertiary/aromatic N) is 3. The summed E-state index contributed by atoms with van der Waals surface area (Å²) >= 11 is 0. The molecule has 0 bridgehead atoms. The van der Waals surface area contributed by atoms with Gasteiger partial charge >= 0.3 is 6.03 Å². The monoisotopic (exact) mass is 431 g/mol. The van der Waals surface area contributed by atoms with Gasteiger partial charge in [0, 0.05) is 35.4 Å². The number of para-hydroxylation sites is 1. The molecule has 2 aromatic heterocycles. The molecule has 0 aliphatic carbocycles. The summed E-state index contributed by atoms with van der Waals surface area (Å²) in [6.07, 6.45) is 3.70. The van der Waals surface area contributed by atoms with Crippen LogP contribution in [0.5, 0.6) is 11.5 Å². The van der Waals surface area contributed by atoms with Crippen LogP contribution in [-0.4, -0.2) is 35.4 Å². The van der Waals surface area contributed by atoms with Crippen LogP contribution in [0.15, 0.2) is 71.5 Å². The predicted octanol–water partition coefficient (Wildman–Crippen LogP) is 4.38. The number of methoxy groups -OCH3 is 2. The SMILES string of the molecule is COc1ccc(NC(=O)Nc2ccccc2Cc2nc(-c3ccncc3)no2)cc1OC. The molecule has 2 amide bonds. The van der Waals surface area contributed by atoms with Crippen LogP contribution in [0.25, 0.3) is 11.4 Å². The molecule has 162 valence electrons. The second-order valence-corrected chi connectivity index (χ2v) is 6.73. The lowest BCUT2D eigenvalue weighted by atomic mass is 10.1. The van der Waals surface area contributed by atoms with Gasteiger partial charge in [0.2, 0.25) is 11.7 Å². The number of carbonyl (C=O) groups excluding carboxylic acids is 1. The van der Waals surface area contributed by atoms with Gasteiger partial charge in [-0.25, -0.2) is 4.79 Å². The van der Waals surface area contributed by atoms with Crippen molar-refractivity contribution >= 4 is 17.4 Å². The lowest BCUT2D eigenvalue weighted by molar-refractivity contribution is 0.262. The van der Waals surface area contributed by atoms with Gasteiger partial charge in [-0.05, 0) is 35.9 Å². The third-order valence-electron chi connectivity index (χ3n) is 4.66. The van der Waals surface area contributed by atoms with Crippen molar-refractivity contribution in [3.05, 3.63) is 78.4 Å². The number of hydrogen-bond acceptors (Lipinski definition) is 7. The Morgan fingerprint density at radius 2 is 1.75 bits per heavy atom. The average molecular weight is 431 g/mol. The summed E-state index contributed by atoms with van der Waals surface area (Å²) in [6.45, 7) is 0. The van der Waals surface area contributed by atoms with Gasteiger partial charge in [-0.15, -0.1) is 0 Å². The Kier molecular flexibility index (Phi) is 6.26. The Balaban J connectivity index is 1.46. The van der Waals surface area contributed by atoms with Gasteiger partial charge in [-0.2, -0.15) is 4.98 Å². The van der Waals surface area contributed by atoms with Crippen molar-refractivity contribution in [2.24, 2.45) is 0 Å². The first kappa shape index (κ1) is 20.9. The smallest absolute Gasteiger partial charge is 0.323 e. The van der Waals surface area contributed by atoms with Crippen molar-refractivity contribution in [3.8, 4) is 22.9 Å². The number of pyridine rings is 1. The van der Waals surface area contributed by atoms with Crippen LogP contribution >= 0.6 is 0 Å². The highest BCUT2D eigenvalue weighted by atomic mass is 16.5. The van der Waals surface area contributed by atoms with Crippen LogP contribution in [0.4, 0.5) is 16.2 Å². The van der Waals surface area contributed by atoms with Crippen LogP contribution in [0.3, 0.4) is 0 Å². The van der Waals surface area contributed by atoms with E-state index in [1.165, 1.54) is 7.11 Å². The Morgan fingerprint density at radius 3 is 2.53 bits per heavy atom. The van der Waals surface area contributed by atoms with E-state index in [1.54, 1.807) is 37.7 Å². The van der Waals surface area contributed by atoms with Crippen molar-refractivity contribution < 1.29 is 18.8 Å². The first-order valence-corrected chi connectivity index (χ1v) is 9.77. The molecule has 9 heteroatoms. The zero-order chi connectivity index (χ0) is 22.3. The van der Waals surface area contributed by atoms with E-state index in [-0.39, 0.29) is 0 Å². The molecule has 32 heavy (non-hydrogen) atoms. The van der Waals surface area contributed by atoms with Crippen LogP contribution in [0, 0.1) is 0 Å². The fourth-order valence-electron chi connectivity index (χ4n) is 3.10. The fraction of sp³-hybridized carbons (Fsp3) is 0.130. The number of urea groups is 1. The molecular weight excluding hydrogens is 410 g/mol. The Labute approximate surface area is 184 Å². The maximum atomic E-state index is 12.6. The average Bonchev–Trinajstić information content (AvgIpc) is 3.29. The third-order valence-corrected chi connectivity index (χ3v) is 4.66. The molecule has 0 saturated carbocycles. The summed E-state index contributed by atoms with van der Waals surface area (Å²) in [7, 11) is 3.09. The molecule has 4 rings (SSSR count). The van der Waals surface area contributed by atoms with E-state index >= 15 is 0 Å². The molecular formula is C23H21N5O4. The van der Waals surface area contributed by atoms with Crippen molar-refractivity contribution in [1.29, 1.82) is 0 Å². The number of carbonyl (C=O) groups is 1. The summed E-state index contributed by atoms with van der Waals surface area (Å²) < 4.78 is 15.9. The molecule has 2 N–H and O–H groups in total. The van der Waals surface area contributed by atoms with Gasteiger partial charge in [0.05, 0.1) is 20.6 Å². The molecule has 0 unspecified atom stereocenters. The summed E-state index contributed by atoms with van der Waals surface area (Å²) in [4.78, 5) is 21.0. The topological polar surface area (TPSA) is 111 Å². The van der Waals surface area contributed by atoms with E-state index in [0.717, 1.165) is 11.1 Å². The zero-order valence-corrected chi connectivity index (χ0v) is 17.5. The Bertz CT molecular complexity index is 1210. The van der Waals surface area contributed by atoms with E-state index < -0.39 is 6.03 Å².